The van der Waals surface area contributed by atoms with Crippen LogP contribution in [0.25, 0.3) is 0 Å². The van der Waals surface area contributed by atoms with E-state index in [0.717, 1.165) is 0 Å². The molecule has 0 radical (unpaired) electrons. The van der Waals surface area contributed by atoms with Gasteiger partial charge in [-0.1, -0.05) is 0 Å². The molecule has 0 aliphatic rings. The highest BCUT2D eigenvalue weighted by Gasteiger charge is 2.30. The Kier molecular flexibility index (Phi) is 13.9. The second kappa shape index (κ2) is 15.5. The van der Waals surface area contributed by atoms with Gasteiger partial charge in [-0.2, -0.15) is 0 Å². The molecule has 0 saturated heterocycles. The van der Waals surface area contributed by atoms with Crippen LogP contribution < -0.4 is 33.2 Å². The standard InChI is InChI=1S/C18H32N6O9/c19-6-2-1-3-10(16(30)23-11(18(32)33)7-14(27)28)22-17(31)12(8-25)24-15(29)9(20)4-5-13(21)26/h9-12,25H,1-8,19-20H2,(H2,21,26)(H,22,31)(H,23,30)(H,24,29)(H,27,28)(H,32,33). The van der Waals surface area contributed by atoms with E-state index in [2.05, 4.69) is 10.6 Å². The Balaban J connectivity index is 5.26. The molecule has 0 saturated carbocycles. The zero-order valence-corrected chi connectivity index (χ0v) is 18.0. The second-order valence-corrected chi connectivity index (χ2v) is 7.20. The third kappa shape index (κ3) is 12.4. The van der Waals surface area contributed by atoms with Crippen molar-refractivity contribution in [2.24, 2.45) is 17.2 Å². The number of amides is 4. The number of carbonyl (C=O) groups excluding carboxylic acids is 4. The van der Waals surface area contributed by atoms with Gasteiger partial charge in [-0.15, -0.1) is 0 Å². The lowest BCUT2D eigenvalue weighted by atomic mass is 10.1. The van der Waals surface area contributed by atoms with Gasteiger partial charge in [0, 0.05) is 6.42 Å². The molecule has 15 nitrogen and oxygen atoms in total. The van der Waals surface area contributed by atoms with Crippen LogP contribution in [0.4, 0.5) is 0 Å². The zero-order valence-electron chi connectivity index (χ0n) is 18.0. The van der Waals surface area contributed by atoms with Crippen molar-refractivity contribution < 1.29 is 44.1 Å². The molecule has 0 aromatic carbocycles. The van der Waals surface area contributed by atoms with Crippen LogP contribution in [0.5, 0.6) is 0 Å². The molecule has 0 rings (SSSR count). The van der Waals surface area contributed by atoms with Gasteiger partial charge in [0.05, 0.1) is 19.1 Å². The first-order valence-corrected chi connectivity index (χ1v) is 10.1. The van der Waals surface area contributed by atoms with Gasteiger partial charge < -0.3 is 48.5 Å². The molecular weight excluding hydrogens is 444 g/mol. The molecule has 0 fully saturated rings. The monoisotopic (exact) mass is 476 g/mol. The van der Waals surface area contributed by atoms with Crippen LogP contribution in [0.1, 0.15) is 38.5 Å². The van der Waals surface area contributed by atoms with E-state index in [4.69, 9.17) is 27.4 Å². The van der Waals surface area contributed by atoms with Gasteiger partial charge in [-0.25, -0.2) is 4.79 Å². The fourth-order valence-electron chi connectivity index (χ4n) is 2.58. The SMILES string of the molecule is NCCCCC(NC(=O)C(CO)NC(=O)C(N)CCC(N)=O)C(=O)NC(CC(=O)O)C(=O)O. The number of carbonyl (C=O) groups is 6. The van der Waals surface area contributed by atoms with Crippen LogP contribution in [0.3, 0.4) is 0 Å². The number of nitrogens with one attached hydrogen (secondary N) is 3. The van der Waals surface area contributed by atoms with E-state index in [1.807, 2.05) is 5.32 Å². The summed E-state index contributed by atoms with van der Waals surface area (Å²) in [6.45, 7) is -0.564. The normalized spacial score (nSPS) is 14.3. The first-order valence-electron chi connectivity index (χ1n) is 10.1. The van der Waals surface area contributed by atoms with E-state index in [1.54, 1.807) is 0 Å². The lowest BCUT2D eigenvalue weighted by Gasteiger charge is -2.24. The molecule has 0 aromatic rings. The fraction of sp³-hybridized carbons (Fsp3) is 0.667. The molecule has 4 unspecified atom stereocenters. The number of unbranched alkanes of at least 4 members (excludes halogenated alkanes) is 1. The highest BCUT2D eigenvalue weighted by Crippen LogP contribution is 2.04. The largest absolute Gasteiger partial charge is 0.481 e. The first kappa shape index (κ1) is 29.7. The summed E-state index contributed by atoms with van der Waals surface area (Å²) in [5.74, 6) is -6.49. The second-order valence-electron chi connectivity index (χ2n) is 7.20. The van der Waals surface area contributed by atoms with Gasteiger partial charge in [-0.05, 0) is 32.2 Å². The third-order valence-corrected chi connectivity index (χ3v) is 4.43. The third-order valence-electron chi connectivity index (χ3n) is 4.43. The van der Waals surface area contributed by atoms with Crippen LogP contribution in [0, 0.1) is 0 Å². The maximum atomic E-state index is 12.5. The summed E-state index contributed by atoms with van der Waals surface area (Å²) in [7, 11) is 0. The number of hydrogen-bond donors (Lipinski definition) is 9. The predicted octanol–water partition coefficient (Wildman–Crippen LogP) is -4.29. The molecule has 4 atom stereocenters. The van der Waals surface area contributed by atoms with Crippen molar-refractivity contribution in [2.45, 2.75) is 62.7 Å². The molecule has 12 N–H and O–H groups in total. The van der Waals surface area contributed by atoms with Crippen molar-refractivity contribution in [1.29, 1.82) is 0 Å². The Hall–Kier alpha value is -3.30. The Labute approximate surface area is 189 Å². The number of aliphatic carboxylic acids is 2. The quantitative estimate of drug-likeness (QED) is 0.0905. The van der Waals surface area contributed by atoms with E-state index in [1.165, 1.54) is 0 Å². The summed E-state index contributed by atoms with van der Waals surface area (Å²) in [4.78, 5) is 70.0. The van der Waals surface area contributed by atoms with Crippen molar-refractivity contribution in [3.63, 3.8) is 0 Å². The smallest absolute Gasteiger partial charge is 0.326 e. The number of primary amides is 1. The van der Waals surface area contributed by atoms with Gasteiger partial charge in [-0.3, -0.25) is 24.0 Å². The average Bonchev–Trinajstić information content (AvgIpc) is 2.73. The Morgan fingerprint density at radius 3 is 1.82 bits per heavy atom. The molecule has 0 spiro atoms. The summed E-state index contributed by atoms with van der Waals surface area (Å²) in [5.41, 5.74) is 16.0. The lowest BCUT2D eigenvalue weighted by molar-refractivity contribution is -0.147. The van der Waals surface area contributed by atoms with Crippen molar-refractivity contribution in [3.8, 4) is 0 Å². The maximum Gasteiger partial charge on any atom is 0.326 e. The van der Waals surface area contributed by atoms with E-state index >= 15 is 0 Å². The highest BCUT2D eigenvalue weighted by molar-refractivity contribution is 5.94. The van der Waals surface area contributed by atoms with Gasteiger partial charge in [0.1, 0.15) is 18.1 Å². The highest BCUT2D eigenvalue weighted by atomic mass is 16.4. The number of carboxylic acids is 2. The maximum absolute atomic E-state index is 12.5. The summed E-state index contributed by atoms with van der Waals surface area (Å²) in [6.07, 6.45) is -0.284. The lowest BCUT2D eigenvalue weighted by Crippen LogP contribution is -2.58. The minimum Gasteiger partial charge on any atom is -0.481 e. The minimum absolute atomic E-state index is 0.0262. The fourth-order valence-corrected chi connectivity index (χ4v) is 2.58. The number of aliphatic hydroxyl groups excluding tert-OH is 1. The Bertz CT molecular complexity index is 718. The first-order chi connectivity index (χ1) is 15.4. The van der Waals surface area contributed by atoms with Gasteiger partial charge in [0.2, 0.25) is 23.6 Å². The van der Waals surface area contributed by atoms with Crippen LogP contribution in [-0.2, 0) is 28.8 Å². The van der Waals surface area contributed by atoms with Crippen molar-refractivity contribution >= 4 is 35.6 Å². The molecule has 0 aliphatic heterocycles. The van der Waals surface area contributed by atoms with E-state index in [0.29, 0.717) is 12.8 Å². The number of hydrogen-bond acceptors (Lipinski definition) is 9. The Morgan fingerprint density at radius 1 is 0.788 bits per heavy atom. The minimum atomic E-state index is -1.74. The molecule has 15 heteroatoms. The van der Waals surface area contributed by atoms with Gasteiger partial charge >= 0.3 is 11.9 Å². The molecule has 0 aliphatic carbocycles. The molecule has 188 valence electrons. The van der Waals surface area contributed by atoms with Crippen LogP contribution >= 0.6 is 0 Å². The van der Waals surface area contributed by atoms with Gasteiger partial charge in [0.15, 0.2) is 0 Å². The van der Waals surface area contributed by atoms with E-state index in [9.17, 15) is 33.9 Å². The molecule has 33 heavy (non-hydrogen) atoms. The average molecular weight is 476 g/mol. The van der Waals surface area contributed by atoms with E-state index < -0.39 is 72.8 Å². The number of aliphatic hydroxyl groups is 1. The number of nitrogens with two attached hydrogens (primary N) is 3. The summed E-state index contributed by atoms with van der Waals surface area (Å²) in [6, 6.07) is -5.72. The number of rotatable bonds is 17. The van der Waals surface area contributed by atoms with Crippen LogP contribution in [0.2, 0.25) is 0 Å². The summed E-state index contributed by atoms with van der Waals surface area (Å²) in [5, 5.41) is 33.9. The van der Waals surface area contributed by atoms with Gasteiger partial charge in [0.25, 0.3) is 0 Å². The van der Waals surface area contributed by atoms with Crippen LogP contribution in [0.15, 0.2) is 0 Å². The Morgan fingerprint density at radius 2 is 1.33 bits per heavy atom. The summed E-state index contributed by atoms with van der Waals surface area (Å²) < 4.78 is 0. The van der Waals surface area contributed by atoms with E-state index in [-0.39, 0.29) is 25.8 Å². The topological polar surface area (TPSA) is 277 Å². The molecule has 0 aromatic heterocycles. The molecule has 0 bridgehead atoms. The van der Waals surface area contributed by atoms with Crippen molar-refractivity contribution in [1.82, 2.24) is 16.0 Å². The summed E-state index contributed by atoms with van der Waals surface area (Å²) >= 11 is 0. The predicted molar refractivity (Wildman–Crippen MR) is 112 cm³/mol. The molecule has 0 heterocycles. The molecular formula is C18H32N6O9. The van der Waals surface area contributed by atoms with Crippen molar-refractivity contribution in [2.75, 3.05) is 13.2 Å². The van der Waals surface area contributed by atoms with Crippen molar-refractivity contribution in [3.05, 3.63) is 0 Å². The zero-order chi connectivity index (χ0) is 25.6. The number of carboxylic acid groups (broad SMARTS) is 2. The van der Waals surface area contributed by atoms with Crippen LogP contribution in [-0.4, -0.2) is 88.2 Å². The molecule has 4 amide bonds.